The van der Waals surface area contributed by atoms with Crippen LogP contribution >= 0.6 is 0 Å². The molecule has 33 heteroatoms. The van der Waals surface area contributed by atoms with Crippen molar-refractivity contribution in [2.45, 2.75) is 119 Å². The molecule has 5 atom stereocenters. The number of nitrogens with one attached hydrogen (secondary N) is 12. The minimum Gasteiger partial charge on any atom is -0.389 e. The van der Waals surface area contributed by atoms with Crippen LogP contribution in [0.3, 0.4) is 0 Å². The van der Waals surface area contributed by atoms with Crippen molar-refractivity contribution in [3.05, 3.63) is 237 Å². The summed E-state index contributed by atoms with van der Waals surface area (Å²) in [6, 6.07) is 12.2. The topological polar surface area (TPSA) is 340 Å². The molecule has 1 unspecified atom stereocenters. The van der Waals surface area contributed by atoms with E-state index >= 15 is 0 Å². The summed E-state index contributed by atoms with van der Waals surface area (Å²) in [6.45, 7) is 0.930. The second-order valence-electron chi connectivity index (χ2n) is 29.1. The molecule has 1 saturated carbocycles. The van der Waals surface area contributed by atoms with E-state index in [2.05, 4.69) is 62.5 Å². The van der Waals surface area contributed by atoms with Crippen molar-refractivity contribution in [1.82, 2.24) is 62.5 Å². The van der Waals surface area contributed by atoms with Crippen molar-refractivity contribution < 1.29 is 103 Å². The number of H-pyrrole nitrogens is 4. The molecule has 4 aliphatic heterocycles. The van der Waals surface area contributed by atoms with Gasteiger partial charge in [-0.25, -0.2) is 48.3 Å². The van der Waals surface area contributed by atoms with Crippen LogP contribution in [0.5, 0.6) is 0 Å². The average Bonchev–Trinajstić information content (AvgIpc) is 1.74. The fourth-order valence-electron chi connectivity index (χ4n) is 14.9. The molecule has 8 aromatic carbocycles. The van der Waals surface area contributed by atoms with Gasteiger partial charge in [-0.15, -0.1) is 0 Å². The molecule has 5 aliphatic rings. The number of amides is 8. The largest absolute Gasteiger partial charge is 0.389 e. The molecule has 1 spiro atoms. The van der Waals surface area contributed by atoms with E-state index in [4.69, 9.17) is 16.2 Å². The smallest absolute Gasteiger partial charge is 0.245 e. The van der Waals surface area contributed by atoms with Gasteiger partial charge in [-0.1, -0.05) is 12.1 Å². The Morgan fingerprint density at radius 1 is 0.417 bits per heavy atom. The van der Waals surface area contributed by atoms with E-state index in [1.165, 1.54) is 36.4 Å². The lowest BCUT2D eigenvalue weighted by molar-refractivity contribution is -0.128. The third-order valence-electron chi connectivity index (χ3n) is 21.0. The number of carbonyl (C=O) groups excluding carboxylic acids is 8. The molecule has 4 saturated heterocycles. The maximum atomic E-state index is 14.5. The van der Waals surface area contributed by atoms with Crippen molar-refractivity contribution in [2.75, 3.05) is 19.6 Å². The van der Waals surface area contributed by atoms with Crippen LogP contribution in [-0.4, -0.2) is 128 Å². The number of aromatic amines is 4. The minimum absolute atomic E-state index is 0.000121. The Kier molecular flexibility index (Phi) is 21.4. The van der Waals surface area contributed by atoms with Crippen molar-refractivity contribution in [3.8, 4) is 51.1 Å². The second-order valence-corrected chi connectivity index (χ2v) is 29.1. The lowest BCUT2D eigenvalue weighted by Crippen LogP contribution is -2.45. The van der Waals surface area contributed by atoms with Gasteiger partial charge in [-0.05, 0) is 211 Å². The Bertz CT molecular complexity index is 6550. The first-order valence-corrected chi connectivity index (χ1v) is 37.7. The van der Waals surface area contributed by atoms with Gasteiger partial charge in [0, 0.05) is 119 Å². The van der Waals surface area contributed by atoms with Crippen LogP contribution in [0.4, 0.5) is 48.3 Å². The van der Waals surface area contributed by atoms with Crippen LogP contribution in [0, 0.1) is 75.3 Å². The third-order valence-corrected chi connectivity index (χ3v) is 21.0. The Hall–Kier alpha value is -13.6. The summed E-state index contributed by atoms with van der Waals surface area (Å²) in [5, 5.41) is 40.5. The van der Waals surface area contributed by atoms with Crippen molar-refractivity contribution in [1.29, 1.82) is 5.26 Å². The molecule has 1 aliphatic carbocycles. The molecule has 5 fully saturated rings. The number of nitriles is 1. The molecule has 13 N–H and O–H groups in total. The quantitative estimate of drug-likeness (QED) is 0.0320. The number of hydrogen-bond donors (Lipinski definition) is 13. The Morgan fingerprint density at radius 3 is 1.07 bits per heavy atom. The number of halogens is 11. The molecule has 4 aromatic heterocycles. The molecular formula is C87H74F11N13O9. The predicted octanol–water partition coefficient (Wildman–Crippen LogP) is 12.0. The first kappa shape index (κ1) is 72.8. The van der Waals surface area contributed by atoms with Gasteiger partial charge >= 0.3 is 0 Å². The monoisotopic (exact) mass is 1660 g/mol. The lowest BCUT2D eigenvalue weighted by Gasteiger charge is -2.13. The number of benzene rings is 8. The summed E-state index contributed by atoms with van der Waals surface area (Å²) in [4.78, 5) is 108. The Labute approximate surface area is 686 Å². The van der Waals surface area contributed by atoms with Crippen LogP contribution in [0.1, 0.15) is 96.6 Å². The number of fused-ring (bicyclic) bond motifs is 4. The zero-order valence-electron chi connectivity index (χ0n) is 70.8. The van der Waals surface area contributed by atoms with Gasteiger partial charge in [-0.3, -0.25) is 38.4 Å². The molecule has 17 rings (SSSR count). The van der Waals surface area contributed by atoms with Crippen molar-refractivity contribution in [3.63, 3.8) is 0 Å². The normalized spacial score (nSPS) is 18.4. The number of nitrogens with zero attached hydrogens (tertiary/aromatic N) is 1. The lowest BCUT2D eigenvalue weighted by atomic mass is 10.00. The van der Waals surface area contributed by atoms with Gasteiger partial charge in [0.15, 0.2) is 0 Å². The number of aliphatic hydroxyl groups excluding tert-OH is 1. The summed E-state index contributed by atoms with van der Waals surface area (Å²) in [5.41, 5.74) is 3.15. The number of aromatic nitrogens is 4. The number of carbonyl (C=O) groups is 8. The zero-order chi connectivity index (χ0) is 91.9. The number of aliphatic hydroxyl groups is 1. The van der Waals surface area contributed by atoms with Crippen LogP contribution in [0.15, 0.2) is 145 Å². The highest BCUT2D eigenvalue weighted by Crippen LogP contribution is 2.44. The van der Waals surface area contributed by atoms with Crippen LogP contribution < -0.4 is 42.5 Å². The van der Waals surface area contributed by atoms with E-state index < -0.39 is 160 Å². The fourth-order valence-corrected chi connectivity index (χ4v) is 14.9. The van der Waals surface area contributed by atoms with Gasteiger partial charge in [0.2, 0.25) is 47.3 Å². The number of β-amino-alcohol motifs (C(OH)–C–C–N with tert-alkyl or cyclic N) is 1. The summed E-state index contributed by atoms with van der Waals surface area (Å²) in [6.07, 6.45) is 2.00. The summed E-state index contributed by atoms with van der Waals surface area (Å²) in [5.74, 6) is -12.8. The zero-order valence-corrected chi connectivity index (χ0v) is 62.8. The molecule has 22 nitrogen and oxygen atoms in total. The van der Waals surface area contributed by atoms with Crippen LogP contribution in [-0.2, 0) is 64.0 Å². The second kappa shape index (κ2) is 35.3. The predicted molar refractivity (Wildman–Crippen MR) is 419 cm³/mol. The molecule has 8 amide bonds. The third kappa shape index (κ3) is 18.7. The highest BCUT2D eigenvalue weighted by atomic mass is 19.2. The van der Waals surface area contributed by atoms with Crippen molar-refractivity contribution in [2.24, 2.45) is 0 Å². The maximum Gasteiger partial charge on any atom is 0.245 e. The van der Waals surface area contributed by atoms with E-state index in [-0.39, 0.29) is 159 Å². The molecule has 120 heavy (non-hydrogen) atoms. The molecule has 12 aromatic rings. The summed E-state index contributed by atoms with van der Waals surface area (Å²) < 4.78 is 218. The minimum atomic E-state index is -1.36. The highest BCUT2D eigenvalue weighted by molar-refractivity contribution is 5.98. The van der Waals surface area contributed by atoms with E-state index in [0.717, 1.165) is 37.1 Å². The van der Waals surface area contributed by atoms with E-state index in [0.29, 0.717) is 94.5 Å². The molecular weight excluding hydrogens is 1580 g/mol. The first-order chi connectivity index (χ1) is 60.9. The molecule has 618 valence electrons. The van der Waals surface area contributed by atoms with Gasteiger partial charge in [0.25, 0.3) is 0 Å². The molecule has 8 heterocycles. The van der Waals surface area contributed by atoms with E-state index in [1.807, 2.05) is 6.07 Å². The van der Waals surface area contributed by atoms with Crippen molar-refractivity contribution >= 4 is 90.9 Å². The Balaban J connectivity index is 0.000000138. The van der Waals surface area contributed by atoms with Gasteiger partial charge in [-0.2, -0.15) is 5.26 Å². The number of hydrogen-bond acceptors (Lipinski definition) is 10. The van der Waals surface area contributed by atoms with Gasteiger partial charge < -0.3 is 67.6 Å². The van der Waals surface area contributed by atoms with E-state index in [1.54, 1.807) is 24.3 Å². The average molecular weight is 1660 g/mol. The highest BCUT2D eigenvalue weighted by Gasteiger charge is 2.53. The summed E-state index contributed by atoms with van der Waals surface area (Å²) >= 11 is 0. The first-order valence-electron chi connectivity index (χ1n) is 41.7. The number of aryl methyl sites for hydroxylation is 4. The summed E-state index contributed by atoms with van der Waals surface area (Å²) in [7, 11) is 0. The molecule has 0 bridgehead atoms. The van der Waals surface area contributed by atoms with Crippen LogP contribution in [0.25, 0.3) is 88.6 Å². The van der Waals surface area contributed by atoms with E-state index in [9.17, 15) is 91.8 Å². The van der Waals surface area contributed by atoms with Gasteiger partial charge in [0.1, 0.15) is 94.3 Å². The molecule has 0 radical (unpaired) electrons. The fraction of sp³-hybridized carbons (Fsp3) is 0.253. The standard InChI is InChI=1S/C23H20F3N3O2.C22H18F2N4O2.C21H18F3N3O3.C21H18F3N3O2/c24-13-3-1-12(2-4-13)20-15(16-9-14(25)10-17(26)21(16)28-20)5-6-19(30)27-18-11-23(7-8-23)29-22(18)31;23-14-9-16-15(5-6-19(29)27-18-7-8-26-22(18)30)20(28-21(16)17(24)10-14)13-3-1-12(11-25)2-4-13;22-11-3-1-10(2-4-11)18-13(14-7-12(23)8-15(24)19(14)27-18)5-6-17(29)26-20-16(28)9-25-21(20)30;22-12-3-1-11(2-4-12)19-14(15-9-13(23)10-16(24)20(15)27-19)5-6-18(28)26-17-7-8-25-21(17)29/h1-4,9-10,18,28H,5-8,11H2,(H,27,30)(H,29,31);1-4,9-10,18,28H,5-8H2,(H,26,30)(H,27,29);1-4,7-8,16,20,27-28H,5-6,9H2,(H,25,30)(H,26,29);1-4,9-10,17,27H,5-8H2,(H,25,29)(H,26,28)/t;18-;16-,20+;17-/m.010/s1/i;;2*1D,2D,3D,4D. The number of rotatable bonds is 20. The van der Waals surface area contributed by atoms with Crippen LogP contribution in [0.2, 0.25) is 0 Å². The van der Waals surface area contributed by atoms with Gasteiger partial charge in [0.05, 0.1) is 44.7 Å². The maximum absolute atomic E-state index is 14.5. The Morgan fingerprint density at radius 2 is 0.758 bits per heavy atom. The SMILES string of the molecule is N#Cc1ccc(-c2[nH]c3c(F)cc(F)cc3c2CCC(=O)N[C@H]2CCNC2=O)cc1.O=C(CCc1c(-c2ccc(F)cc2)[nH]c2c(F)cc(F)cc12)NC1CC2(CC2)NC1=O.[2H]c1c([2H])c(-c2[nH]c3c(F)cc(F)cc3c2CCC(=O)N[C@@H]2C(=O)NC[C@H]2O)c([2H])c([2H])c1F.[2H]c1c([2H])c(-c2[nH]c3c(F)cc(F)cc3c2CCC(=O)N[C@H]2CCNC2=O)c([2H])c([2H])c1F.